The van der Waals surface area contributed by atoms with Crippen LogP contribution in [0.15, 0.2) is 30.6 Å². The zero-order valence-corrected chi connectivity index (χ0v) is 18.6. The van der Waals surface area contributed by atoms with Gasteiger partial charge in [0, 0.05) is 38.8 Å². The molecule has 0 aliphatic carbocycles. The lowest BCUT2D eigenvalue weighted by Gasteiger charge is -2.40. The van der Waals surface area contributed by atoms with E-state index in [1.807, 2.05) is 12.1 Å². The number of nitrogens with zero attached hydrogens (tertiary/aromatic N) is 5. The topological polar surface area (TPSA) is 91.4 Å². The molecule has 4 heterocycles. The molecular formula is C23H31N7O2. The lowest BCUT2D eigenvalue weighted by Crippen LogP contribution is -2.49. The van der Waals surface area contributed by atoms with Gasteiger partial charge in [-0.3, -0.25) is 4.90 Å². The molecule has 1 aromatic carbocycles. The van der Waals surface area contributed by atoms with Crippen molar-refractivity contribution in [3.63, 3.8) is 0 Å². The van der Waals surface area contributed by atoms with Gasteiger partial charge >= 0.3 is 0 Å². The lowest BCUT2D eigenvalue weighted by molar-refractivity contribution is 0.0114. The van der Waals surface area contributed by atoms with Crippen molar-refractivity contribution in [2.24, 2.45) is 0 Å². The van der Waals surface area contributed by atoms with Crippen molar-refractivity contribution >= 4 is 22.9 Å². The highest BCUT2D eigenvalue weighted by Crippen LogP contribution is 2.25. The van der Waals surface area contributed by atoms with E-state index in [0.29, 0.717) is 11.7 Å². The first-order valence-electron chi connectivity index (χ1n) is 11.4. The fourth-order valence-electron chi connectivity index (χ4n) is 4.58. The Bertz CT molecular complexity index is 1010. The van der Waals surface area contributed by atoms with Crippen LogP contribution in [-0.4, -0.2) is 83.9 Å². The van der Waals surface area contributed by atoms with Crippen LogP contribution >= 0.6 is 0 Å². The molecule has 0 spiro atoms. The first-order valence-corrected chi connectivity index (χ1v) is 11.4. The zero-order valence-electron chi connectivity index (χ0n) is 18.6. The number of hydrogen-bond acceptors (Lipinski definition) is 8. The summed E-state index contributed by atoms with van der Waals surface area (Å²) in [5.74, 6) is 2.45. The fourth-order valence-corrected chi connectivity index (χ4v) is 4.58. The van der Waals surface area contributed by atoms with Gasteiger partial charge in [-0.15, -0.1) is 0 Å². The van der Waals surface area contributed by atoms with Crippen molar-refractivity contribution in [1.29, 1.82) is 0 Å². The zero-order chi connectivity index (χ0) is 21.8. The van der Waals surface area contributed by atoms with E-state index in [0.717, 1.165) is 88.2 Å². The number of benzene rings is 1. The molecule has 170 valence electrons. The number of piperidine rings is 1. The Balaban J connectivity index is 1.23. The number of hydrogen-bond donors (Lipinski definition) is 2. The van der Waals surface area contributed by atoms with Gasteiger partial charge in [-0.25, -0.2) is 4.98 Å². The Morgan fingerprint density at radius 1 is 1.09 bits per heavy atom. The van der Waals surface area contributed by atoms with Crippen molar-refractivity contribution in [2.45, 2.75) is 25.3 Å². The van der Waals surface area contributed by atoms with E-state index in [1.165, 1.54) is 5.56 Å². The molecule has 2 fully saturated rings. The molecule has 3 aromatic rings. The largest absolute Gasteiger partial charge is 0.497 e. The Hall–Kier alpha value is -2.91. The highest BCUT2D eigenvalue weighted by atomic mass is 16.5. The second-order valence-corrected chi connectivity index (χ2v) is 8.36. The van der Waals surface area contributed by atoms with Gasteiger partial charge in [-0.2, -0.15) is 9.97 Å². The number of anilines is 2. The minimum absolute atomic E-state index is 0.631. The van der Waals surface area contributed by atoms with Gasteiger partial charge in [0.15, 0.2) is 11.5 Å². The maximum Gasteiger partial charge on any atom is 0.229 e. The van der Waals surface area contributed by atoms with E-state index in [-0.39, 0.29) is 0 Å². The van der Waals surface area contributed by atoms with Crippen LogP contribution in [0, 0.1) is 0 Å². The van der Waals surface area contributed by atoms with Crippen LogP contribution in [0.1, 0.15) is 18.4 Å². The van der Waals surface area contributed by atoms with Gasteiger partial charge in [0.05, 0.1) is 26.7 Å². The Morgan fingerprint density at radius 3 is 2.62 bits per heavy atom. The van der Waals surface area contributed by atoms with E-state index in [4.69, 9.17) is 19.4 Å². The number of fused-ring (bicyclic) bond motifs is 1. The maximum atomic E-state index is 5.50. The molecule has 0 radical (unpaired) electrons. The van der Waals surface area contributed by atoms with Crippen LogP contribution in [0.2, 0.25) is 0 Å². The maximum absolute atomic E-state index is 5.50. The molecule has 2 saturated heterocycles. The standard InChI is InChI=1S/C23H31N7O2/c1-31-19-4-2-17(3-5-19)6-9-24-21-20-22(26-16-25-20)28-23(27-21)30-10-7-18(8-11-30)29-12-14-32-15-13-29/h2-5,16,18H,6-15H2,1H3,(H2,24,25,26,27,28). The molecule has 0 unspecified atom stereocenters. The Kier molecular flexibility index (Phi) is 6.36. The lowest BCUT2D eigenvalue weighted by atomic mass is 10.0. The normalized spacial score (nSPS) is 18.2. The molecule has 5 rings (SSSR count). The number of nitrogens with one attached hydrogen (secondary N) is 2. The third-order valence-electron chi connectivity index (χ3n) is 6.45. The molecule has 2 aliphatic heterocycles. The minimum Gasteiger partial charge on any atom is -0.497 e. The van der Waals surface area contributed by atoms with Crippen LogP contribution in [0.5, 0.6) is 5.75 Å². The molecule has 9 nitrogen and oxygen atoms in total. The van der Waals surface area contributed by atoms with Gasteiger partial charge in [0.25, 0.3) is 0 Å². The van der Waals surface area contributed by atoms with Gasteiger partial charge in [-0.1, -0.05) is 12.1 Å². The molecule has 2 aliphatic rings. The van der Waals surface area contributed by atoms with Crippen molar-refractivity contribution < 1.29 is 9.47 Å². The van der Waals surface area contributed by atoms with Crippen LogP contribution in [0.4, 0.5) is 11.8 Å². The molecule has 2 aromatic heterocycles. The highest BCUT2D eigenvalue weighted by molar-refractivity contribution is 5.83. The van der Waals surface area contributed by atoms with Gasteiger partial charge < -0.3 is 24.7 Å². The molecular weight excluding hydrogens is 406 g/mol. The Labute approximate surface area is 188 Å². The predicted molar refractivity (Wildman–Crippen MR) is 124 cm³/mol. The summed E-state index contributed by atoms with van der Waals surface area (Å²) in [6, 6.07) is 8.80. The van der Waals surface area contributed by atoms with E-state index in [1.54, 1.807) is 13.4 Å². The number of aromatic amines is 1. The van der Waals surface area contributed by atoms with E-state index >= 15 is 0 Å². The van der Waals surface area contributed by atoms with Crippen molar-refractivity contribution in [3.05, 3.63) is 36.2 Å². The number of imidazole rings is 1. The smallest absolute Gasteiger partial charge is 0.229 e. The second kappa shape index (κ2) is 9.70. The van der Waals surface area contributed by atoms with Gasteiger partial charge in [0.2, 0.25) is 5.95 Å². The number of ether oxygens (including phenoxy) is 2. The van der Waals surface area contributed by atoms with Crippen molar-refractivity contribution in [3.8, 4) is 5.75 Å². The number of methoxy groups -OCH3 is 1. The first-order chi connectivity index (χ1) is 15.8. The average Bonchev–Trinajstić information content (AvgIpc) is 3.34. The van der Waals surface area contributed by atoms with Crippen LogP contribution < -0.4 is 15.0 Å². The van der Waals surface area contributed by atoms with Gasteiger partial charge in [0.1, 0.15) is 11.3 Å². The average molecular weight is 438 g/mol. The predicted octanol–water partition coefficient (Wildman–Crippen LogP) is 2.32. The molecule has 9 heteroatoms. The number of morpholine rings is 1. The molecule has 2 N–H and O–H groups in total. The number of H-pyrrole nitrogens is 1. The first kappa shape index (κ1) is 21.0. The summed E-state index contributed by atoms with van der Waals surface area (Å²) in [5, 5.41) is 3.49. The number of aromatic nitrogens is 4. The summed E-state index contributed by atoms with van der Waals surface area (Å²) in [7, 11) is 1.68. The molecule has 0 bridgehead atoms. The third-order valence-corrected chi connectivity index (χ3v) is 6.45. The van der Waals surface area contributed by atoms with Crippen molar-refractivity contribution in [1.82, 2.24) is 24.8 Å². The van der Waals surface area contributed by atoms with E-state index in [2.05, 4.69) is 37.2 Å². The summed E-state index contributed by atoms with van der Waals surface area (Å²) >= 11 is 0. The summed E-state index contributed by atoms with van der Waals surface area (Å²) in [4.78, 5) is 22.0. The monoisotopic (exact) mass is 437 g/mol. The fraction of sp³-hybridized carbons (Fsp3) is 0.522. The van der Waals surface area contributed by atoms with Crippen molar-refractivity contribution in [2.75, 3.05) is 63.3 Å². The van der Waals surface area contributed by atoms with Gasteiger partial charge in [-0.05, 0) is 37.0 Å². The summed E-state index contributed by atoms with van der Waals surface area (Å²) in [5.41, 5.74) is 2.81. The van der Waals surface area contributed by atoms with Crippen LogP contribution in [-0.2, 0) is 11.2 Å². The molecule has 0 atom stereocenters. The summed E-state index contributed by atoms with van der Waals surface area (Å²) < 4.78 is 10.7. The summed E-state index contributed by atoms with van der Waals surface area (Å²) in [6.45, 7) is 6.49. The quantitative estimate of drug-likeness (QED) is 0.582. The minimum atomic E-state index is 0.631. The third kappa shape index (κ3) is 4.63. The highest BCUT2D eigenvalue weighted by Gasteiger charge is 2.27. The second-order valence-electron chi connectivity index (χ2n) is 8.36. The van der Waals surface area contributed by atoms with E-state index in [9.17, 15) is 0 Å². The van der Waals surface area contributed by atoms with Crippen LogP contribution in [0.3, 0.4) is 0 Å². The van der Waals surface area contributed by atoms with E-state index < -0.39 is 0 Å². The molecule has 0 amide bonds. The number of rotatable bonds is 7. The SMILES string of the molecule is COc1ccc(CCNc2nc(N3CCC(N4CCOCC4)CC3)nc3nc[nH]c23)cc1. The van der Waals surface area contributed by atoms with Crippen LogP contribution in [0.25, 0.3) is 11.2 Å². The summed E-state index contributed by atoms with van der Waals surface area (Å²) in [6.07, 6.45) is 4.83. The molecule has 0 saturated carbocycles. The Morgan fingerprint density at radius 2 is 1.88 bits per heavy atom. The molecule has 32 heavy (non-hydrogen) atoms.